The molecule has 0 fully saturated rings. The topological polar surface area (TPSA) is 66.4 Å². The monoisotopic (exact) mass is 293 g/mol. The fourth-order valence-corrected chi connectivity index (χ4v) is 2.21. The molecule has 108 valence electrons. The molecule has 20 heavy (non-hydrogen) atoms. The summed E-state index contributed by atoms with van der Waals surface area (Å²) in [7, 11) is -0.822. The Balaban J connectivity index is 2.61. The van der Waals surface area contributed by atoms with Crippen LogP contribution in [0.2, 0.25) is 0 Å². The predicted molar refractivity (Wildman–Crippen MR) is 81.0 cm³/mol. The quantitative estimate of drug-likeness (QED) is 0.624. The van der Waals surface area contributed by atoms with E-state index in [-0.39, 0.29) is 12.5 Å². The van der Waals surface area contributed by atoms with Crippen molar-refractivity contribution in [2.75, 3.05) is 25.2 Å². The van der Waals surface area contributed by atoms with E-state index in [1.54, 1.807) is 24.5 Å². The van der Waals surface area contributed by atoms with E-state index in [2.05, 4.69) is 17.2 Å². The molecule has 0 aliphatic rings. The molecule has 1 rings (SSSR count). The Bertz CT molecular complexity index is 558. The predicted octanol–water partition coefficient (Wildman–Crippen LogP) is 0.837. The van der Waals surface area contributed by atoms with E-state index in [1.165, 1.54) is 0 Å². The first-order valence-electron chi connectivity index (χ1n) is 6.33. The number of carbonyl (C=O) groups is 1. The number of benzene rings is 1. The van der Waals surface area contributed by atoms with Gasteiger partial charge in [0.15, 0.2) is 0 Å². The zero-order chi connectivity index (χ0) is 15.0. The Morgan fingerprint density at radius 3 is 2.80 bits per heavy atom. The van der Waals surface area contributed by atoms with Crippen LogP contribution in [-0.2, 0) is 10.8 Å². The van der Waals surface area contributed by atoms with E-state index in [1.807, 2.05) is 6.92 Å². The minimum atomic E-state index is -0.822. The normalized spacial score (nSPS) is 11.3. The minimum Gasteiger partial charge on any atom is -0.384 e. The lowest BCUT2D eigenvalue weighted by atomic mass is 10.0. The standard InChI is InChI=1S/C15H19NO3S/c1-12-11-14(7-6-13(12)5-3-9-17)15(18)16-8-4-10-20(2)19/h6-7,11,17H,4,8-10H2,1-2H3,(H,16,18). The van der Waals surface area contributed by atoms with Crippen molar-refractivity contribution in [3.63, 3.8) is 0 Å². The molecular formula is C15H19NO3S. The Morgan fingerprint density at radius 1 is 1.45 bits per heavy atom. The third kappa shape index (κ3) is 5.55. The molecule has 0 aromatic heterocycles. The third-order valence-corrected chi connectivity index (χ3v) is 3.55. The molecule has 2 N–H and O–H groups in total. The maximum atomic E-state index is 11.9. The SMILES string of the molecule is Cc1cc(C(=O)NCCCS(C)=O)ccc1C#CCO. The molecule has 0 heterocycles. The fourth-order valence-electron chi connectivity index (χ4n) is 1.66. The van der Waals surface area contributed by atoms with Crippen LogP contribution in [0.4, 0.5) is 0 Å². The highest BCUT2D eigenvalue weighted by molar-refractivity contribution is 7.84. The van der Waals surface area contributed by atoms with Gasteiger partial charge in [-0.25, -0.2) is 0 Å². The largest absolute Gasteiger partial charge is 0.384 e. The van der Waals surface area contributed by atoms with Crippen molar-refractivity contribution in [3.8, 4) is 11.8 Å². The van der Waals surface area contributed by atoms with Crippen LogP contribution in [0.5, 0.6) is 0 Å². The number of carbonyl (C=O) groups excluding carboxylic acids is 1. The van der Waals surface area contributed by atoms with Gasteiger partial charge in [-0.1, -0.05) is 11.8 Å². The lowest BCUT2D eigenvalue weighted by molar-refractivity contribution is 0.0953. The summed E-state index contributed by atoms with van der Waals surface area (Å²) >= 11 is 0. The molecule has 0 radical (unpaired) electrons. The van der Waals surface area contributed by atoms with Gasteiger partial charge in [0.2, 0.25) is 0 Å². The minimum absolute atomic E-state index is 0.142. The number of rotatable bonds is 5. The van der Waals surface area contributed by atoms with Crippen molar-refractivity contribution >= 4 is 16.7 Å². The number of aliphatic hydroxyl groups is 1. The van der Waals surface area contributed by atoms with Crippen LogP contribution in [0.25, 0.3) is 0 Å². The molecule has 5 heteroatoms. The number of nitrogens with one attached hydrogen (secondary N) is 1. The molecule has 1 aromatic carbocycles. The number of amides is 1. The molecule has 0 saturated carbocycles. The van der Waals surface area contributed by atoms with Crippen LogP contribution in [0.3, 0.4) is 0 Å². The van der Waals surface area contributed by atoms with Gasteiger partial charge in [0.05, 0.1) is 0 Å². The van der Waals surface area contributed by atoms with E-state index < -0.39 is 10.8 Å². The summed E-state index contributed by atoms with van der Waals surface area (Å²) in [5, 5.41) is 11.5. The molecule has 0 aliphatic heterocycles. The Hall–Kier alpha value is -1.64. The van der Waals surface area contributed by atoms with E-state index in [0.29, 0.717) is 24.3 Å². The average molecular weight is 293 g/mol. The molecule has 1 amide bonds. The molecule has 0 bridgehead atoms. The molecule has 4 nitrogen and oxygen atoms in total. The van der Waals surface area contributed by atoms with Crippen molar-refractivity contribution in [2.24, 2.45) is 0 Å². The molecular weight excluding hydrogens is 274 g/mol. The van der Waals surface area contributed by atoms with Gasteiger partial charge in [-0.2, -0.15) is 0 Å². The zero-order valence-electron chi connectivity index (χ0n) is 11.7. The number of hydrogen-bond donors (Lipinski definition) is 2. The van der Waals surface area contributed by atoms with Gasteiger partial charge in [0.25, 0.3) is 5.91 Å². The third-order valence-electron chi connectivity index (χ3n) is 2.68. The van der Waals surface area contributed by atoms with Gasteiger partial charge in [-0.15, -0.1) is 0 Å². The summed E-state index contributed by atoms with van der Waals surface area (Å²) in [4.78, 5) is 11.9. The fraction of sp³-hybridized carbons (Fsp3) is 0.400. The Kier molecular flexibility index (Phi) is 6.99. The number of hydrogen-bond acceptors (Lipinski definition) is 3. The summed E-state index contributed by atoms with van der Waals surface area (Å²) in [5.74, 6) is 5.86. The highest BCUT2D eigenvalue weighted by atomic mass is 32.2. The van der Waals surface area contributed by atoms with Crippen molar-refractivity contribution in [3.05, 3.63) is 34.9 Å². The van der Waals surface area contributed by atoms with Crippen LogP contribution in [0.1, 0.15) is 27.9 Å². The van der Waals surface area contributed by atoms with Crippen LogP contribution < -0.4 is 5.32 Å². The summed E-state index contributed by atoms with van der Waals surface area (Å²) in [6.07, 6.45) is 2.35. The van der Waals surface area contributed by atoms with Crippen molar-refractivity contribution in [1.82, 2.24) is 5.32 Å². The van der Waals surface area contributed by atoms with Crippen molar-refractivity contribution in [1.29, 1.82) is 0 Å². The number of aryl methyl sites for hydroxylation is 1. The highest BCUT2D eigenvalue weighted by Crippen LogP contribution is 2.10. The average Bonchev–Trinajstić information content (AvgIpc) is 2.41. The summed E-state index contributed by atoms with van der Waals surface area (Å²) in [6, 6.07) is 5.25. The molecule has 1 unspecified atom stereocenters. The maximum absolute atomic E-state index is 11.9. The summed E-state index contributed by atoms with van der Waals surface area (Å²) in [6.45, 7) is 2.21. The van der Waals surface area contributed by atoms with Crippen molar-refractivity contribution < 1.29 is 14.1 Å². The van der Waals surface area contributed by atoms with E-state index in [0.717, 1.165) is 11.1 Å². The van der Waals surface area contributed by atoms with Crippen LogP contribution >= 0.6 is 0 Å². The molecule has 0 saturated heterocycles. The van der Waals surface area contributed by atoms with E-state index >= 15 is 0 Å². The van der Waals surface area contributed by atoms with Gasteiger partial charge >= 0.3 is 0 Å². The molecule has 0 spiro atoms. The Labute approximate surface area is 122 Å². The van der Waals surface area contributed by atoms with Gasteiger partial charge in [0, 0.05) is 40.5 Å². The second-order valence-corrected chi connectivity index (χ2v) is 5.93. The van der Waals surface area contributed by atoms with Gasteiger partial charge < -0.3 is 10.4 Å². The smallest absolute Gasteiger partial charge is 0.251 e. The van der Waals surface area contributed by atoms with E-state index in [4.69, 9.17) is 5.11 Å². The van der Waals surface area contributed by atoms with Gasteiger partial charge in [0.1, 0.15) is 6.61 Å². The van der Waals surface area contributed by atoms with Crippen LogP contribution in [0.15, 0.2) is 18.2 Å². The second-order valence-electron chi connectivity index (χ2n) is 4.38. The van der Waals surface area contributed by atoms with Crippen molar-refractivity contribution in [2.45, 2.75) is 13.3 Å². The second kappa shape index (κ2) is 8.51. The van der Waals surface area contributed by atoms with Crippen LogP contribution in [-0.4, -0.2) is 40.4 Å². The van der Waals surface area contributed by atoms with Gasteiger partial charge in [-0.3, -0.25) is 9.00 Å². The molecule has 1 aromatic rings. The Morgan fingerprint density at radius 2 is 2.20 bits per heavy atom. The summed E-state index contributed by atoms with van der Waals surface area (Å²) in [5.41, 5.74) is 2.28. The van der Waals surface area contributed by atoms with Crippen LogP contribution in [0, 0.1) is 18.8 Å². The summed E-state index contributed by atoms with van der Waals surface area (Å²) < 4.78 is 10.9. The zero-order valence-corrected chi connectivity index (χ0v) is 12.5. The maximum Gasteiger partial charge on any atom is 0.251 e. The molecule has 1 atom stereocenters. The first kappa shape index (κ1) is 16.4. The van der Waals surface area contributed by atoms with E-state index in [9.17, 15) is 9.00 Å². The first-order valence-corrected chi connectivity index (χ1v) is 8.06. The lowest BCUT2D eigenvalue weighted by Gasteiger charge is -2.06. The molecule has 0 aliphatic carbocycles. The highest BCUT2D eigenvalue weighted by Gasteiger charge is 2.06. The lowest BCUT2D eigenvalue weighted by Crippen LogP contribution is -2.25. The number of aliphatic hydroxyl groups excluding tert-OH is 1. The first-order chi connectivity index (χ1) is 9.54. The van der Waals surface area contributed by atoms with Gasteiger partial charge in [-0.05, 0) is 37.1 Å².